The Labute approximate surface area is 207 Å². The van der Waals surface area contributed by atoms with Gasteiger partial charge in [0, 0.05) is 13.1 Å². The Hall–Kier alpha value is -4.08. The van der Waals surface area contributed by atoms with Crippen LogP contribution in [0.5, 0.6) is 11.5 Å². The molecule has 4 rings (SSSR count). The lowest BCUT2D eigenvalue weighted by atomic mass is 9.99. The summed E-state index contributed by atoms with van der Waals surface area (Å²) in [6, 6.07) is 16.1. The fourth-order valence-corrected chi connectivity index (χ4v) is 4.04. The molecule has 0 radical (unpaired) electrons. The number of aromatic nitrogens is 2. The molecule has 0 aliphatic heterocycles. The second-order valence-corrected chi connectivity index (χ2v) is 8.60. The average Bonchev–Trinajstić information content (AvgIpc) is 3.24. The normalized spacial score (nSPS) is 12.0. The number of aliphatic hydroxyl groups is 1. The Balaban J connectivity index is 1.23. The van der Waals surface area contributed by atoms with E-state index in [-0.39, 0.29) is 17.9 Å². The lowest BCUT2D eigenvalue weighted by Crippen LogP contribution is -2.33. The van der Waals surface area contributed by atoms with Crippen molar-refractivity contribution in [2.75, 3.05) is 26.3 Å². The third-order valence-corrected chi connectivity index (χ3v) is 5.77. The monoisotopic (exact) mass is 491 g/mol. The van der Waals surface area contributed by atoms with Crippen molar-refractivity contribution < 1.29 is 24.5 Å². The number of H-pyrrole nitrogens is 2. The molecule has 0 saturated carbocycles. The highest BCUT2D eigenvalue weighted by Crippen LogP contribution is 2.30. The van der Waals surface area contributed by atoms with Crippen molar-refractivity contribution in [1.29, 1.82) is 0 Å². The Bertz CT molecular complexity index is 1380. The molecule has 9 heteroatoms. The zero-order chi connectivity index (χ0) is 25.7. The van der Waals surface area contributed by atoms with Gasteiger partial charge in [0.15, 0.2) is 0 Å². The fourth-order valence-electron chi connectivity index (χ4n) is 4.04. The zero-order valence-corrected chi connectivity index (χ0v) is 20.1. The van der Waals surface area contributed by atoms with Crippen LogP contribution in [0.3, 0.4) is 0 Å². The average molecular weight is 492 g/mol. The maximum atomic E-state index is 11.5. The number of carbonyl (C=O) groups is 1. The number of fused-ring (bicyclic) bond motifs is 1. The van der Waals surface area contributed by atoms with Crippen LogP contribution in [-0.2, 0) is 0 Å². The molecule has 4 aromatic rings. The lowest BCUT2D eigenvalue weighted by molar-refractivity contribution is 0.0697. The molecule has 36 heavy (non-hydrogen) atoms. The minimum Gasteiger partial charge on any atom is -0.492 e. The van der Waals surface area contributed by atoms with E-state index in [1.54, 1.807) is 42.5 Å². The molecule has 0 aliphatic carbocycles. The van der Waals surface area contributed by atoms with Crippen LogP contribution in [0.4, 0.5) is 0 Å². The van der Waals surface area contributed by atoms with E-state index in [1.807, 2.05) is 26.0 Å². The summed E-state index contributed by atoms with van der Waals surface area (Å²) in [5, 5.41) is 22.5. The van der Waals surface area contributed by atoms with Crippen molar-refractivity contribution >= 4 is 17.0 Å². The standard InChI is InChI=1S/C27H29N3O6/c1-16-12-20(18-6-8-19(9-7-18)26(32)33)13-17(2)25(16)35-11-10-28-14-21(31)15-36-23-5-3-4-22-24(23)30-27(34)29-22/h3-9,12-13,21,28,31H,10-11,14-15H2,1-2H3,(H,32,33)(H2,29,30,34)/t21-/m1/s1. The molecule has 1 atom stereocenters. The van der Waals surface area contributed by atoms with Gasteiger partial charge in [-0.1, -0.05) is 18.2 Å². The Kier molecular flexibility index (Phi) is 7.72. The number of para-hydroxylation sites is 1. The van der Waals surface area contributed by atoms with E-state index in [0.29, 0.717) is 36.5 Å². The van der Waals surface area contributed by atoms with Gasteiger partial charge in [0.25, 0.3) is 0 Å². The molecular weight excluding hydrogens is 462 g/mol. The van der Waals surface area contributed by atoms with Crippen LogP contribution in [0.15, 0.2) is 59.4 Å². The summed E-state index contributed by atoms with van der Waals surface area (Å²) in [5.41, 5.74) is 5.07. The smallest absolute Gasteiger partial charge is 0.335 e. The number of aromatic carboxylic acids is 1. The first-order chi connectivity index (χ1) is 17.3. The lowest BCUT2D eigenvalue weighted by Gasteiger charge is -2.16. The molecule has 0 unspecified atom stereocenters. The number of hydrogen-bond donors (Lipinski definition) is 5. The number of imidazole rings is 1. The van der Waals surface area contributed by atoms with Crippen LogP contribution in [-0.4, -0.2) is 58.6 Å². The van der Waals surface area contributed by atoms with E-state index in [9.17, 15) is 14.7 Å². The fraction of sp³-hybridized carbons (Fsp3) is 0.259. The SMILES string of the molecule is Cc1cc(-c2ccc(C(=O)O)cc2)cc(C)c1OCCNC[C@@H](O)COc1cccc2[nH]c(=O)[nH]c12. The van der Waals surface area contributed by atoms with Gasteiger partial charge in [-0.3, -0.25) is 0 Å². The second-order valence-electron chi connectivity index (χ2n) is 8.60. The molecule has 0 spiro atoms. The third kappa shape index (κ3) is 5.94. The molecule has 3 aromatic carbocycles. The summed E-state index contributed by atoms with van der Waals surface area (Å²) in [5.74, 6) is 0.360. The summed E-state index contributed by atoms with van der Waals surface area (Å²) in [7, 11) is 0. The van der Waals surface area contributed by atoms with Crippen molar-refractivity contribution in [2.24, 2.45) is 0 Å². The quantitative estimate of drug-likeness (QED) is 0.203. The van der Waals surface area contributed by atoms with Gasteiger partial charge in [0.2, 0.25) is 0 Å². The van der Waals surface area contributed by atoms with E-state index in [4.69, 9.17) is 14.6 Å². The molecule has 0 bridgehead atoms. The molecule has 0 fully saturated rings. The van der Waals surface area contributed by atoms with Crippen LogP contribution in [0.25, 0.3) is 22.2 Å². The van der Waals surface area contributed by atoms with E-state index in [1.165, 1.54) is 0 Å². The topological polar surface area (TPSA) is 137 Å². The summed E-state index contributed by atoms with van der Waals surface area (Å²) < 4.78 is 11.7. The first-order valence-corrected chi connectivity index (χ1v) is 11.6. The number of aromatic amines is 2. The molecule has 188 valence electrons. The molecule has 5 N–H and O–H groups in total. The maximum Gasteiger partial charge on any atom is 0.335 e. The molecule has 0 saturated heterocycles. The number of rotatable bonds is 11. The van der Waals surface area contributed by atoms with Gasteiger partial charge < -0.3 is 35.0 Å². The zero-order valence-electron chi connectivity index (χ0n) is 20.1. The minimum absolute atomic E-state index is 0.0767. The summed E-state index contributed by atoms with van der Waals surface area (Å²) >= 11 is 0. The molecule has 9 nitrogen and oxygen atoms in total. The van der Waals surface area contributed by atoms with Crippen molar-refractivity contribution in [1.82, 2.24) is 15.3 Å². The number of hydrogen-bond acceptors (Lipinski definition) is 6. The first-order valence-electron chi connectivity index (χ1n) is 11.6. The van der Waals surface area contributed by atoms with Crippen molar-refractivity contribution in [2.45, 2.75) is 20.0 Å². The molecule has 1 aromatic heterocycles. The highest BCUT2D eigenvalue weighted by molar-refractivity contribution is 5.88. The number of aryl methyl sites for hydroxylation is 2. The summed E-state index contributed by atoms with van der Waals surface area (Å²) in [6.07, 6.45) is -0.735. The molecule has 1 heterocycles. The molecular formula is C27H29N3O6. The number of carboxylic acid groups (broad SMARTS) is 1. The highest BCUT2D eigenvalue weighted by Gasteiger charge is 2.11. The summed E-state index contributed by atoms with van der Waals surface area (Å²) in [6.45, 7) is 5.31. The maximum absolute atomic E-state index is 11.5. The summed E-state index contributed by atoms with van der Waals surface area (Å²) in [4.78, 5) is 27.9. The van der Waals surface area contributed by atoms with E-state index in [0.717, 1.165) is 28.0 Å². The number of nitrogens with one attached hydrogen (secondary N) is 3. The second kappa shape index (κ2) is 11.1. The van der Waals surface area contributed by atoms with E-state index in [2.05, 4.69) is 15.3 Å². The van der Waals surface area contributed by atoms with Gasteiger partial charge in [-0.15, -0.1) is 0 Å². The van der Waals surface area contributed by atoms with Crippen LogP contribution in [0, 0.1) is 13.8 Å². The Morgan fingerprint density at radius 3 is 2.42 bits per heavy atom. The van der Waals surface area contributed by atoms with Crippen LogP contribution in [0.1, 0.15) is 21.5 Å². The largest absolute Gasteiger partial charge is 0.492 e. The van der Waals surface area contributed by atoms with Crippen LogP contribution >= 0.6 is 0 Å². The highest BCUT2D eigenvalue weighted by atomic mass is 16.5. The predicted octanol–water partition coefficient (Wildman–Crippen LogP) is 3.25. The third-order valence-electron chi connectivity index (χ3n) is 5.77. The molecule has 0 aliphatic rings. The van der Waals surface area contributed by atoms with Gasteiger partial charge in [0.05, 0.1) is 11.1 Å². The number of aliphatic hydroxyl groups excluding tert-OH is 1. The van der Waals surface area contributed by atoms with Gasteiger partial charge in [0.1, 0.15) is 36.3 Å². The van der Waals surface area contributed by atoms with E-state index < -0.39 is 12.1 Å². The van der Waals surface area contributed by atoms with Gasteiger partial charge in [-0.05, 0) is 72.5 Å². The Morgan fingerprint density at radius 2 is 1.72 bits per heavy atom. The molecule has 0 amide bonds. The van der Waals surface area contributed by atoms with Crippen molar-refractivity contribution in [3.63, 3.8) is 0 Å². The Morgan fingerprint density at radius 1 is 1.00 bits per heavy atom. The van der Waals surface area contributed by atoms with Crippen molar-refractivity contribution in [3.8, 4) is 22.6 Å². The first kappa shape index (κ1) is 25.0. The van der Waals surface area contributed by atoms with Crippen molar-refractivity contribution in [3.05, 3.63) is 81.8 Å². The van der Waals surface area contributed by atoms with Gasteiger partial charge >= 0.3 is 11.7 Å². The van der Waals surface area contributed by atoms with Crippen LogP contribution in [0.2, 0.25) is 0 Å². The number of ether oxygens (including phenoxy) is 2. The number of carboxylic acids is 1. The van der Waals surface area contributed by atoms with E-state index >= 15 is 0 Å². The minimum atomic E-state index is -0.946. The predicted molar refractivity (Wildman–Crippen MR) is 137 cm³/mol. The van der Waals surface area contributed by atoms with Gasteiger partial charge in [-0.2, -0.15) is 0 Å². The number of benzene rings is 3. The van der Waals surface area contributed by atoms with Crippen LogP contribution < -0.4 is 20.5 Å². The van der Waals surface area contributed by atoms with Gasteiger partial charge in [-0.25, -0.2) is 9.59 Å².